The topological polar surface area (TPSA) is 112 Å². The summed E-state index contributed by atoms with van der Waals surface area (Å²) in [6, 6.07) is 6.33. The minimum absolute atomic E-state index is 0.0264. The summed E-state index contributed by atoms with van der Waals surface area (Å²) in [7, 11) is -4.14. The lowest BCUT2D eigenvalue weighted by Crippen LogP contribution is -2.17. The molecule has 0 bridgehead atoms. The fraction of sp³-hybridized carbons (Fsp3) is 0.222. The van der Waals surface area contributed by atoms with E-state index in [-0.39, 0.29) is 16.3 Å². The molecule has 3 rings (SSSR count). The molecular formula is C18H17ClN2O5S. The molecule has 0 saturated heterocycles. The standard InChI is InChI=1S/C18H17ClN2O5S/c1-9-6-12(17-13(7-9)16(22)10(2)8-25-17)11(3)26-14-4-5-15(19)21-18(14)27(20,23)24/h4-8,11H,1-3H3,(H2,20,23,24). The number of hydrogen-bond acceptors (Lipinski definition) is 6. The van der Waals surface area contributed by atoms with Gasteiger partial charge in [0, 0.05) is 11.1 Å². The summed E-state index contributed by atoms with van der Waals surface area (Å²) >= 11 is 5.77. The SMILES string of the molecule is Cc1cc(C(C)Oc2ccc(Cl)nc2S(N)(=O)=O)c2occ(C)c(=O)c2c1. The Hall–Kier alpha value is -2.42. The molecule has 142 valence electrons. The van der Waals surface area contributed by atoms with Gasteiger partial charge < -0.3 is 9.15 Å². The maximum atomic E-state index is 12.4. The van der Waals surface area contributed by atoms with Gasteiger partial charge in [-0.05, 0) is 50.6 Å². The van der Waals surface area contributed by atoms with E-state index in [0.29, 0.717) is 22.1 Å². The first-order valence-electron chi connectivity index (χ1n) is 7.96. The Kier molecular flexibility index (Phi) is 4.98. The molecule has 0 spiro atoms. The van der Waals surface area contributed by atoms with Gasteiger partial charge in [0.05, 0.1) is 11.6 Å². The molecule has 3 aromatic rings. The number of fused-ring (bicyclic) bond motifs is 1. The zero-order valence-electron chi connectivity index (χ0n) is 14.8. The molecule has 0 aliphatic rings. The van der Waals surface area contributed by atoms with Crippen molar-refractivity contribution >= 4 is 32.6 Å². The molecule has 0 amide bonds. The van der Waals surface area contributed by atoms with Crippen LogP contribution in [0.3, 0.4) is 0 Å². The first kappa shape index (κ1) is 19.3. The van der Waals surface area contributed by atoms with Gasteiger partial charge in [-0.25, -0.2) is 18.5 Å². The van der Waals surface area contributed by atoms with Crippen molar-refractivity contribution in [2.24, 2.45) is 5.14 Å². The van der Waals surface area contributed by atoms with Crippen LogP contribution in [0, 0.1) is 13.8 Å². The maximum Gasteiger partial charge on any atom is 0.259 e. The van der Waals surface area contributed by atoms with Crippen LogP contribution in [0.5, 0.6) is 5.75 Å². The van der Waals surface area contributed by atoms with E-state index in [9.17, 15) is 13.2 Å². The van der Waals surface area contributed by atoms with Crippen LogP contribution in [0.25, 0.3) is 11.0 Å². The lowest BCUT2D eigenvalue weighted by Gasteiger charge is -2.18. The van der Waals surface area contributed by atoms with Crippen LogP contribution in [0.1, 0.15) is 29.7 Å². The third kappa shape index (κ3) is 3.83. The summed E-state index contributed by atoms with van der Waals surface area (Å²) in [6.45, 7) is 5.22. The second-order valence-electron chi connectivity index (χ2n) is 6.22. The summed E-state index contributed by atoms with van der Waals surface area (Å²) in [5.41, 5.74) is 2.17. The second-order valence-corrected chi connectivity index (χ2v) is 8.08. The van der Waals surface area contributed by atoms with E-state index in [1.54, 1.807) is 19.9 Å². The van der Waals surface area contributed by atoms with Crippen LogP contribution in [-0.4, -0.2) is 13.4 Å². The van der Waals surface area contributed by atoms with Crippen molar-refractivity contribution < 1.29 is 17.6 Å². The van der Waals surface area contributed by atoms with Crippen LogP contribution in [0.2, 0.25) is 5.15 Å². The van der Waals surface area contributed by atoms with Gasteiger partial charge in [0.1, 0.15) is 16.8 Å². The fourth-order valence-corrected chi connectivity index (χ4v) is 3.59. The Morgan fingerprint density at radius 2 is 1.96 bits per heavy atom. The molecule has 2 aromatic heterocycles. The number of pyridine rings is 1. The Labute approximate surface area is 160 Å². The van der Waals surface area contributed by atoms with E-state index in [1.807, 2.05) is 13.0 Å². The number of primary sulfonamides is 1. The quantitative estimate of drug-likeness (QED) is 0.663. The fourth-order valence-electron chi connectivity index (χ4n) is 2.77. The number of nitrogens with two attached hydrogens (primary N) is 1. The van der Waals surface area contributed by atoms with Crippen molar-refractivity contribution in [3.05, 3.63) is 62.6 Å². The number of aromatic nitrogens is 1. The van der Waals surface area contributed by atoms with Gasteiger partial charge in [0.15, 0.2) is 11.2 Å². The monoisotopic (exact) mass is 408 g/mol. The molecule has 9 heteroatoms. The molecule has 0 saturated carbocycles. The summed E-state index contributed by atoms with van der Waals surface area (Å²) in [5.74, 6) is -0.0430. The highest BCUT2D eigenvalue weighted by Crippen LogP contribution is 2.31. The lowest BCUT2D eigenvalue weighted by atomic mass is 10.0. The summed E-state index contributed by atoms with van der Waals surface area (Å²) in [6.07, 6.45) is 0.734. The Bertz CT molecular complexity index is 1200. The number of aryl methyl sites for hydroxylation is 2. The predicted molar refractivity (Wildman–Crippen MR) is 102 cm³/mol. The largest absolute Gasteiger partial charge is 0.483 e. The van der Waals surface area contributed by atoms with E-state index in [2.05, 4.69) is 4.98 Å². The highest BCUT2D eigenvalue weighted by molar-refractivity contribution is 7.89. The number of hydrogen-bond donors (Lipinski definition) is 1. The van der Waals surface area contributed by atoms with Crippen molar-refractivity contribution in [3.63, 3.8) is 0 Å². The average molecular weight is 409 g/mol. The highest BCUT2D eigenvalue weighted by Gasteiger charge is 2.22. The molecular weight excluding hydrogens is 392 g/mol. The highest BCUT2D eigenvalue weighted by atomic mass is 35.5. The van der Waals surface area contributed by atoms with E-state index < -0.39 is 21.2 Å². The van der Waals surface area contributed by atoms with Crippen molar-refractivity contribution in [3.8, 4) is 5.75 Å². The average Bonchev–Trinajstić information content (AvgIpc) is 2.58. The predicted octanol–water partition coefficient (Wildman–Crippen LogP) is 3.25. The Balaban J connectivity index is 2.12. The van der Waals surface area contributed by atoms with Crippen LogP contribution >= 0.6 is 11.6 Å². The third-order valence-corrected chi connectivity index (χ3v) is 5.06. The molecule has 0 radical (unpaired) electrons. The number of halogens is 1. The molecule has 0 aliphatic heterocycles. The molecule has 7 nitrogen and oxygen atoms in total. The van der Waals surface area contributed by atoms with Gasteiger partial charge >= 0.3 is 0 Å². The second kappa shape index (κ2) is 6.95. The van der Waals surface area contributed by atoms with Gasteiger partial charge in [-0.15, -0.1) is 0 Å². The van der Waals surface area contributed by atoms with Gasteiger partial charge in [-0.3, -0.25) is 4.79 Å². The number of rotatable bonds is 4. The Morgan fingerprint density at radius 1 is 1.26 bits per heavy atom. The normalized spacial score (nSPS) is 12.9. The number of benzene rings is 1. The first-order valence-corrected chi connectivity index (χ1v) is 9.89. The van der Waals surface area contributed by atoms with Crippen LogP contribution in [0.4, 0.5) is 0 Å². The summed E-state index contributed by atoms with van der Waals surface area (Å²) in [5, 5.41) is 5.15. The van der Waals surface area contributed by atoms with Gasteiger partial charge in [0.25, 0.3) is 10.0 Å². The molecule has 2 N–H and O–H groups in total. The maximum absolute atomic E-state index is 12.4. The summed E-state index contributed by atoms with van der Waals surface area (Å²) < 4.78 is 35.0. The van der Waals surface area contributed by atoms with Crippen molar-refractivity contribution in [1.82, 2.24) is 4.98 Å². The zero-order valence-corrected chi connectivity index (χ0v) is 16.4. The zero-order chi connectivity index (χ0) is 19.9. The molecule has 27 heavy (non-hydrogen) atoms. The first-order chi connectivity index (χ1) is 12.6. The van der Waals surface area contributed by atoms with Crippen molar-refractivity contribution in [1.29, 1.82) is 0 Å². The molecule has 1 atom stereocenters. The smallest absolute Gasteiger partial charge is 0.259 e. The molecule has 1 aromatic carbocycles. The lowest BCUT2D eigenvalue weighted by molar-refractivity contribution is 0.219. The third-order valence-electron chi connectivity index (χ3n) is 4.02. The van der Waals surface area contributed by atoms with Crippen LogP contribution < -0.4 is 15.3 Å². The summed E-state index contributed by atoms with van der Waals surface area (Å²) in [4.78, 5) is 16.2. The van der Waals surface area contributed by atoms with Crippen LogP contribution in [-0.2, 0) is 10.0 Å². The van der Waals surface area contributed by atoms with E-state index in [1.165, 1.54) is 18.4 Å². The van der Waals surface area contributed by atoms with E-state index >= 15 is 0 Å². The van der Waals surface area contributed by atoms with E-state index in [4.69, 9.17) is 25.9 Å². The van der Waals surface area contributed by atoms with Gasteiger partial charge in [0.2, 0.25) is 5.03 Å². The number of nitrogens with zero attached hydrogens (tertiary/aromatic N) is 1. The van der Waals surface area contributed by atoms with Crippen molar-refractivity contribution in [2.45, 2.75) is 31.9 Å². The minimum atomic E-state index is -4.14. The van der Waals surface area contributed by atoms with E-state index in [0.717, 1.165) is 5.56 Å². The number of sulfonamides is 1. The molecule has 0 aliphatic carbocycles. The van der Waals surface area contributed by atoms with Gasteiger partial charge in [-0.1, -0.05) is 11.6 Å². The van der Waals surface area contributed by atoms with Crippen molar-refractivity contribution in [2.75, 3.05) is 0 Å². The molecule has 2 heterocycles. The van der Waals surface area contributed by atoms with Gasteiger partial charge in [-0.2, -0.15) is 0 Å². The minimum Gasteiger partial charge on any atom is -0.483 e. The van der Waals surface area contributed by atoms with Crippen LogP contribution in [0.15, 0.2) is 44.8 Å². The molecule has 0 fully saturated rings. The molecule has 1 unspecified atom stereocenters. The Morgan fingerprint density at radius 3 is 2.63 bits per heavy atom. The number of ether oxygens (including phenoxy) is 1.